The fourth-order valence-electron chi connectivity index (χ4n) is 3.15. The number of carbonyl (C=O) groups excluding carboxylic acids is 2. The van der Waals surface area contributed by atoms with Crippen LogP contribution >= 0.6 is 0 Å². The number of aromatic nitrogens is 1. The average molecular weight is 420 g/mol. The van der Waals surface area contributed by atoms with Gasteiger partial charge in [-0.2, -0.15) is 0 Å². The highest BCUT2D eigenvalue weighted by Gasteiger charge is 2.18. The van der Waals surface area contributed by atoms with E-state index in [0.29, 0.717) is 6.42 Å². The Morgan fingerprint density at radius 3 is 2.55 bits per heavy atom. The summed E-state index contributed by atoms with van der Waals surface area (Å²) in [6.45, 7) is 1.45. The third-order valence-corrected chi connectivity index (χ3v) is 4.61. The lowest BCUT2D eigenvalue weighted by Crippen LogP contribution is -2.33. The summed E-state index contributed by atoms with van der Waals surface area (Å²) in [6, 6.07) is 19.5. The summed E-state index contributed by atoms with van der Waals surface area (Å²) in [5, 5.41) is 12.4. The van der Waals surface area contributed by atoms with Crippen molar-refractivity contribution in [1.29, 1.82) is 0 Å². The van der Waals surface area contributed by atoms with Gasteiger partial charge in [-0.05, 0) is 23.6 Å². The lowest BCUT2D eigenvalue weighted by Gasteiger charge is -2.14. The minimum absolute atomic E-state index is 0.120. The third kappa shape index (κ3) is 5.82. The molecule has 0 saturated carbocycles. The van der Waals surface area contributed by atoms with Gasteiger partial charge in [0.2, 0.25) is 0 Å². The molecule has 160 valence electrons. The Morgan fingerprint density at radius 1 is 1.06 bits per heavy atom. The number of methoxy groups -OCH3 is 1. The maximum Gasteiger partial charge on any atom is 0.325 e. The molecule has 7 heteroatoms. The van der Waals surface area contributed by atoms with Crippen LogP contribution in [0.25, 0.3) is 11.1 Å². The Hall–Kier alpha value is -3.87. The molecular weight excluding hydrogens is 396 g/mol. The molecule has 0 aliphatic carbocycles. The van der Waals surface area contributed by atoms with Crippen molar-refractivity contribution in [2.24, 2.45) is 0 Å². The van der Waals surface area contributed by atoms with Gasteiger partial charge in [-0.15, -0.1) is 0 Å². The van der Waals surface area contributed by atoms with Crippen LogP contribution in [-0.4, -0.2) is 41.7 Å². The van der Waals surface area contributed by atoms with E-state index in [0.717, 1.165) is 16.7 Å². The van der Waals surface area contributed by atoms with Gasteiger partial charge in [0.15, 0.2) is 17.2 Å². The second-order valence-electron chi connectivity index (χ2n) is 6.96. The van der Waals surface area contributed by atoms with Crippen molar-refractivity contribution in [1.82, 2.24) is 10.3 Å². The summed E-state index contributed by atoms with van der Waals surface area (Å²) in [5.41, 5.74) is 3.02. The van der Waals surface area contributed by atoms with Crippen LogP contribution in [-0.2, 0) is 16.0 Å². The highest BCUT2D eigenvalue weighted by atomic mass is 16.5. The Labute approximate surface area is 180 Å². The number of hydrogen-bond acceptors (Lipinski definition) is 6. The van der Waals surface area contributed by atoms with E-state index >= 15 is 0 Å². The van der Waals surface area contributed by atoms with Crippen molar-refractivity contribution in [3.05, 3.63) is 78.1 Å². The zero-order valence-electron chi connectivity index (χ0n) is 17.4. The maximum atomic E-state index is 12.2. The second-order valence-corrected chi connectivity index (χ2v) is 6.96. The summed E-state index contributed by atoms with van der Waals surface area (Å²) < 4.78 is 10.3. The molecule has 2 N–H and O–H groups in total. The van der Waals surface area contributed by atoms with Gasteiger partial charge in [0.05, 0.1) is 7.11 Å². The zero-order chi connectivity index (χ0) is 22.2. The number of pyridine rings is 1. The third-order valence-electron chi connectivity index (χ3n) is 4.61. The maximum absolute atomic E-state index is 12.2. The predicted molar refractivity (Wildman–Crippen MR) is 116 cm³/mol. The van der Waals surface area contributed by atoms with Gasteiger partial charge in [0.25, 0.3) is 5.91 Å². The number of rotatable bonds is 8. The fourth-order valence-corrected chi connectivity index (χ4v) is 3.15. The average Bonchev–Trinajstić information content (AvgIpc) is 2.78. The smallest absolute Gasteiger partial charge is 0.325 e. The molecule has 7 nitrogen and oxygen atoms in total. The molecule has 31 heavy (non-hydrogen) atoms. The molecule has 0 saturated heterocycles. The molecule has 3 aromatic rings. The molecular formula is C24H24N2O5. The first-order valence-electron chi connectivity index (χ1n) is 9.82. The standard InChI is InChI=1S/C24H24N2O5/c1-16(13-17-7-6-10-19(14-17)18-8-4-3-5-9-18)31-21(27)15-26-24(29)22-23(28)20(30-2)11-12-25-22/h3-12,14,16,28H,13,15H2,1-2H3,(H,26,29). The van der Waals surface area contributed by atoms with E-state index in [1.54, 1.807) is 6.92 Å². The van der Waals surface area contributed by atoms with Crippen LogP contribution in [0.5, 0.6) is 11.5 Å². The van der Waals surface area contributed by atoms with Gasteiger partial charge in [-0.3, -0.25) is 9.59 Å². The Bertz CT molecular complexity index is 1050. The Kier molecular flexibility index (Phi) is 7.22. The first kappa shape index (κ1) is 21.8. The first-order valence-corrected chi connectivity index (χ1v) is 9.82. The zero-order valence-corrected chi connectivity index (χ0v) is 17.4. The van der Waals surface area contributed by atoms with Gasteiger partial charge < -0.3 is 19.9 Å². The normalized spacial score (nSPS) is 11.4. The number of ether oxygens (including phenoxy) is 2. The number of aromatic hydroxyl groups is 1. The summed E-state index contributed by atoms with van der Waals surface area (Å²) in [6.07, 6.45) is 1.49. The molecule has 3 rings (SSSR count). The van der Waals surface area contributed by atoms with E-state index in [4.69, 9.17) is 9.47 Å². The van der Waals surface area contributed by atoms with Crippen molar-refractivity contribution in [3.63, 3.8) is 0 Å². The largest absolute Gasteiger partial charge is 0.503 e. The van der Waals surface area contributed by atoms with Crippen molar-refractivity contribution in [2.75, 3.05) is 13.7 Å². The number of nitrogens with zero attached hydrogens (tertiary/aromatic N) is 1. The fraction of sp³-hybridized carbons (Fsp3) is 0.208. The van der Waals surface area contributed by atoms with Gasteiger partial charge >= 0.3 is 5.97 Å². The van der Waals surface area contributed by atoms with Gasteiger partial charge in [-0.1, -0.05) is 54.6 Å². The number of hydrogen-bond donors (Lipinski definition) is 2. The number of benzene rings is 2. The lowest BCUT2D eigenvalue weighted by atomic mass is 10.0. The second kappa shape index (κ2) is 10.2. The minimum atomic E-state index is -0.698. The van der Waals surface area contributed by atoms with E-state index in [1.807, 2.05) is 48.5 Å². The summed E-state index contributed by atoms with van der Waals surface area (Å²) in [5.74, 6) is -1.55. The molecule has 1 heterocycles. The molecule has 1 atom stereocenters. The molecule has 1 amide bonds. The summed E-state index contributed by atoms with van der Waals surface area (Å²) >= 11 is 0. The van der Waals surface area contributed by atoms with Crippen molar-refractivity contribution in [3.8, 4) is 22.6 Å². The van der Waals surface area contributed by atoms with Crippen molar-refractivity contribution >= 4 is 11.9 Å². The molecule has 0 aliphatic rings. The number of amides is 1. The summed E-state index contributed by atoms with van der Waals surface area (Å²) in [4.78, 5) is 28.1. The van der Waals surface area contributed by atoms with Crippen LogP contribution in [0.3, 0.4) is 0 Å². The molecule has 2 aromatic carbocycles. The highest BCUT2D eigenvalue weighted by Crippen LogP contribution is 2.27. The number of esters is 1. The molecule has 0 bridgehead atoms. The van der Waals surface area contributed by atoms with Gasteiger partial charge in [0, 0.05) is 18.7 Å². The van der Waals surface area contributed by atoms with Crippen LogP contribution < -0.4 is 10.1 Å². The van der Waals surface area contributed by atoms with Gasteiger partial charge in [-0.25, -0.2) is 4.98 Å². The molecule has 1 unspecified atom stereocenters. The number of nitrogens with one attached hydrogen (secondary N) is 1. The monoisotopic (exact) mass is 420 g/mol. The molecule has 0 spiro atoms. The quantitative estimate of drug-likeness (QED) is 0.542. The van der Waals surface area contributed by atoms with Crippen LogP contribution in [0.4, 0.5) is 0 Å². The Balaban J connectivity index is 1.53. The van der Waals surface area contributed by atoms with E-state index in [-0.39, 0.29) is 29.8 Å². The lowest BCUT2D eigenvalue weighted by molar-refractivity contribution is -0.146. The molecule has 0 radical (unpaired) electrons. The van der Waals surface area contributed by atoms with E-state index in [9.17, 15) is 14.7 Å². The van der Waals surface area contributed by atoms with E-state index < -0.39 is 11.9 Å². The predicted octanol–water partition coefficient (Wildman–Crippen LogP) is 3.37. The SMILES string of the molecule is COc1ccnc(C(=O)NCC(=O)OC(C)Cc2cccc(-c3ccccc3)c2)c1O. The molecule has 0 fully saturated rings. The van der Waals surface area contributed by atoms with Crippen LogP contribution in [0.1, 0.15) is 23.0 Å². The highest BCUT2D eigenvalue weighted by molar-refractivity contribution is 5.97. The van der Waals surface area contributed by atoms with Crippen LogP contribution in [0, 0.1) is 0 Å². The van der Waals surface area contributed by atoms with Crippen molar-refractivity contribution < 1.29 is 24.2 Å². The summed E-state index contributed by atoms with van der Waals surface area (Å²) in [7, 11) is 1.37. The van der Waals surface area contributed by atoms with Gasteiger partial charge in [0.1, 0.15) is 12.6 Å². The van der Waals surface area contributed by atoms with Crippen LogP contribution in [0.2, 0.25) is 0 Å². The van der Waals surface area contributed by atoms with E-state index in [1.165, 1.54) is 19.4 Å². The number of carbonyl (C=O) groups is 2. The Morgan fingerprint density at radius 2 is 1.81 bits per heavy atom. The van der Waals surface area contributed by atoms with Crippen molar-refractivity contribution in [2.45, 2.75) is 19.4 Å². The molecule has 1 aromatic heterocycles. The van der Waals surface area contributed by atoms with E-state index in [2.05, 4.69) is 16.4 Å². The minimum Gasteiger partial charge on any atom is -0.503 e. The molecule has 0 aliphatic heterocycles. The topological polar surface area (TPSA) is 97.8 Å². The first-order chi connectivity index (χ1) is 15.0. The van der Waals surface area contributed by atoms with Crippen LogP contribution in [0.15, 0.2) is 66.9 Å².